The molecule has 1 aromatic carbocycles. The molecular formula is C13H8IN3O2. The van der Waals surface area contributed by atoms with Gasteiger partial charge in [0, 0.05) is 0 Å². The van der Waals surface area contributed by atoms with Crippen molar-refractivity contribution in [2.24, 2.45) is 0 Å². The summed E-state index contributed by atoms with van der Waals surface area (Å²) in [6.07, 6.45) is 1.46. The topological polar surface area (TPSA) is 89.8 Å². The van der Waals surface area contributed by atoms with E-state index >= 15 is 0 Å². The van der Waals surface area contributed by atoms with Gasteiger partial charge in [-0.2, -0.15) is 15.8 Å². The number of hydrogen-bond acceptors (Lipinski definition) is 5. The highest BCUT2D eigenvalue weighted by atomic mass is 127. The van der Waals surface area contributed by atoms with Crippen LogP contribution in [0, 0.1) is 37.6 Å². The minimum absolute atomic E-state index is 0.00328. The van der Waals surface area contributed by atoms with Crippen LogP contribution in [-0.2, 0) is 0 Å². The Kier molecular flexibility index (Phi) is 5.66. The SMILES string of the molecule is COc1cc(C=C(C#N)C#N)cc(I)c1OCC#N. The molecule has 0 aliphatic carbocycles. The highest BCUT2D eigenvalue weighted by Gasteiger charge is 2.11. The lowest BCUT2D eigenvalue weighted by molar-refractivity contribution is 0.327. The number of rotatable bonds is 4. The first-order chi connectivity index (χ1) is 9.15. The number of nitriles is 3. The van der Waals surface area contributed by atoms with E-state index in [1.54, 1.807) is 24.3 Å². The van der Waals surface area contributed by atoms with E-state index in [9.17, 15) is 0 Å². The van der Waals surface area contributed by atoms with Crippen molar-refractivity contribution < 1.29 is 9.47 Å². The number of halogens is 1. The fourth-order valence-electron chi connectivity index (χ4n) is 1.32. The van der Waals surface area contributed by atoms with E-state index in [1.807, 2.05) is 28.7 Å². The van der Waals surface area contributed by atoms with Crippen LogP contribution in [0.3, 0.4) is 0 Å². The first-order valence-electron chi connectivity index (χ1n) is 5.05. The summed E-state index contributed by atoms with van der Waals surface area (Å²) in [7, 11) is 1.48. The van der Waals surface area contributed by atoms with Gasteiger partial charge in [-0.25, -0.2) is 0 Å². The number of nitrogens with zero attached hydrogens (tertiary/aromatic N) is 3. The maximum absolute atomic E-state index is 8.72. The molecule has 5 nitrogen and oxygen atoms in total. The molecular weight excluding hydrogens is 357 g/mol. The third-order valence-electron chi connectivity index (χ3n) is 2.08. The molecule has 6 heteroatoms. The second-order valence-corrected chi connectivity index (χ2v) is 4.42. The average Bonchev–Trinajstić information content (AvgIpc) is 2.43. The van der Waals surface area contributed by atoms with Gasteiger partial charge >= 0.3 is 0 Å². The van der Waals surface area contributed by atoms with Crippen LogP contribution in [-0.4, -0.2) is 13.7 Å². The van der Waals surface area contributed by atoms with Gasteiger partial charge in [0.05, 0.1) is 10.7 Å². The maximum atomic E-state index is 8.72. The smallest absolute Gasteiger partial charge is 0.176 e. The summed E-state index contributed by atoms with van der Waals surface area (Å²) in [6.45, 7) is -0.0802. The van der Waals surface area contributed by atoms with E-state index < -0.39 is 0 Å². The monoisotopic (exact) mass is 365 g/mol. The first kappa shape index (κ1) is 14.8. The molecule has 0 aliphatic rings. The van der Waals surface area contributed by atoms with Gasteiger partial charge in [-0.3, -0.25) is 0 Å². The molecule has 1 rings (SSSR count). The second-order valence-electron chi connectivity index (χ2n) is 3.26. The quantitative estimate of drug-likeness (QED) is 0.605. The zero-order valence-electron chi connectivity index (χ0n) is 9.98. The molecule has 0 spiro atoms. The third kappa shape index (κ3) is 3.87. The second kappa shape index (κ2) is 7.25. The van der Waals surface area contributed by atoms with Crippen molar-refractivity contribution in [3.63, 3.8) is 0 Å². The lowest BCUT2D eigenvalue weighted by Gasteiger charge is -2.11. The van der Waals surface area contributed by atoms with E-state index in [2.05, 4.69) is 0 Å². The summed E-state index contributed by atoms with van der Waals surface area (Å²) in [4.78, 5) is 0. The molecule has 0 heterocycles. The van der Waals surface area contributed by atoms with Gasteiger partial charge < -0.3 is 9.47 Å². The zero-order chi connectivity index (χ0) is 14.3. The summed E-state index contributed by atoms with van der Waals surface area (Å²) in [5.41, 5.74) is 0.659. The number of allylic oxidation sites excluding steroid dienone is 1. The molecule has 0 radical (unpaired) electrons. The minimum Gasteiger partial charge on any atom is -0.493 e. The number of hydrogen-bond donors (Lipinski definition) is 0. The van der Waals surface area contributed by atoms with Gasteiger partial charge in [-0.05, 0) is 46.4 Å². The number of ether oxygens (including phenoxy) is 2. The lowest BCUT2D eigenvalue weighted by atomic mass is 10.1. The first-order valence-corrected chi connectivity index (χ1v) is 6.13. The molecule has 0 bridgehead atoms. The molecule has 0 saturated carbocycles. The summed E-state index contributed by atoms with van der Waals surface area (Å²) in [5, 5.41) is 26.0. The van der Waals surface area contributed by atoms with Gasteiger partial charge in [0.25, 0.3) is 0 Å². The van der Waals surface area contributed by atoms with Crippen molar-refractivity contribution in [2.75, 3.05) is 13.7 Å². The molecule has 0 unspecified atom stereocenters. The summed E-state index contributed by atoms with van der Waals surface area (Å²) < 4.78 is 11.2. The molecule has 0 amide bonds. The van der Waals surface area contributed by atoms with Gasteiger partial charge in [0.1, 0.15) is 23.8 Å². The van der Waals surface area contributed by atoms with E-state index in [1.165, 1.54) is 13.2 Å². The Labute approximate surface area is 124 Å². The molecule has 0 atom stereocenters. The van der Waals surface area contributed by atoms with Crippen LogP contribution in [0.25, 0.3) is 6.08 Å². The Balaban J connectivity index is 3.25. The standard InChI is InChI=1S/C13H8IN3O2/c1-18-12-6-9(4-10(7-16)8-17)5-11(14)13(12)19-3-2-15/h4-6H,3H2,1H3. The Morgan fingerprint density at radius 1 is 1.32 bits per heavy atom. The fraction of sp³-hybridized carbons (Fsp3) is 0.154. The molecule has 19 heavy (non-hydrogen) atoms. The number of methoxy groups -OCH3 is 1. The van der Waals surface area contributed by atoms with Gasteiger partial charge in [-0.1, -0.05) is 0 Å². The van der Waals surface area contributed by atoms with E-state index in [-0.39, 0.29) is 12.2 Å². The van der Waals surface area contributed by atoms with Crippen LogP contribution in [0.2, 0.25) is 0 Å². The van der Waals surface area contributed by atoms with Gasteiger partial charge in [0.15, 0.2) is 18.1 Å². The molecule has 94 valence electrons. The van der Waals surface area contributed by atoms with E-state index in [4.69, 9.17) is 25.3 Å². The predicted octanol–water partition coefficient (Wildman–Crippen LogP) is 2.63. The molecule has 0 aromatic heterocycles. The van der Waals surface area contributed by atoms with Crippen molar-refractivity contribution in [3.05, 3.63) is 26.8 Å². The Morgan fingerprint density at radius 3 is 2.53 bits per heavy atom. The zero-order valence-corrected chi connectivity index (χ0v) is 12.1. The molecule has 0 aliphatic heterocycles. The summed E-state index contributed by atoms with van der Waals surface area (Å²) in [5.74, 6) is 0.917. The van der Waals surface area contributed by atoms with Gasteiger partial charge in [-0.15, -0.1) is 0 Å². The van der Waals surface area contributed by atoms with Crippen LogP contribution in [0.5, 0.6) is 11.5 Å². The third-order valence-corrected chi connectivity index (χ3v) is 2.89. The highest BCUT2D eigenvalue weighted by molar-refractivity contribution is 14.1. The summed E-state index contributed by atoms with van der Waals surface area (Å²) in [6, 6.07) is 8.84. The Bertz CT molecular complexity index is 617. The lowest BCUT2D eigenvalue weighted by Crippen LogP contribution is -1.99. The molecule has 0 N–H and O–H groups in total. The minimum atomic E-state index is -0.0802. The van der Waals surface area contributed by atoms with Crippen molar-refractivity contribution in [3.8, 4) is 29.7 Å². The van der Waals surface area contributed by atoms with Crippen LogP contribution >= 0.6 is 22.6 Å². The largest absolute Gasteiger partial charge is 0.493 e. The average molecular weight is 365 g/mol. The van der Waals surface area contributed by atoms with E-state index in [0.717, 1.165) is 3.57 Å². The molecule has 0 saturated heterocycles. The van der Waals surface area contributed by atoms with Crippen molar-refractivity contribution in [1.82, 2.24) is 0 Å². The van der Waals surface area contributed by atoms with Gasteiger partial charge in [0.2, 0.25) is 0 Å². The van der Waals surface area contributed by atoms with Crippen LogP contribution in [0.4, 0.5) is 0 Å². The predicted molar refractivity (Wildman–Crippen MR) is 76.0 cm³/mol. The maximum Gasteiger partial charge on any atom is 0.176 e. The van der Waals surface area contributed by atoms with E-state index in [0.29, 0.717) is 17.1 Å². The Hall–Kier alpha value is -2.24. The highest BCUT2D eigenvalue weighted by Crippen LogP contribution is 2.34. The molecule has 0 fully saturated rings. The molecule has 1 aromatic rings. The normalized spacial score (nSPS) is 8.58. The van der Waals surface area contributed by atoms with Crippen molar-refractivity contribution >= 4 is 28.7 Å². The van der Waals surface area contributed by atoms with Crippen molar-refractivity contribution in [2.45, 2.75) is 0 Å². The number of benzene rings is 1. The van der Waals surface area contributed by atoms with Crippen LogP contribution < -0.4 is 9.47 Å². The van der Waals surface area contributed by atoms with Crippen LogP contribution in [0.15, 0.2) is 17.7 Å². The summed E-state index contributed by atoms with van der Waals surface area (Å²) >= 11 is 2.04. The Morgan fingerprint density at radius 2 is 2.00 bits per heavy atom. The fourth-order valence-corrected chi connectivity index (χ4v) is 2.10. The van der Waals surface area contributed by atoms with Crippen molar-refractivity contribution in [1.29, 1.82) is 15.8 Å². The van der Waals surface area contributed by atoms with Crippen LogP contribution in [0.1, 0.15) is 5.56 Å².